The Morgan fingerprint density at radius 3 is 2.91 bits per heavy atom. The number of nitrogens with zero attached hydrogens (tertiary/aromatic N) is 2. The minimum atomic E-state index is 0.531. The zero-order valence-corrected chi connectivity index (χ0v) is 14.9. The summed E-state index contributed by atoms with van der Waals surface area (Å²) >= 11 is 0. The topological polar surface area (TPSA) is 62.5 Å². The molecular weight excluding hydrogens is 288 g/mol. The van der Waals surface area contributed by atoms with Crippen molar-refractivity contribution in [2.45, 2.75) is 65.8 Å². The molecule has 0 saturated heterocycles. The molecule has 1 aliphatic carbocycles. The van der Waals surface area contributed by atoms with Gasteiger partial charge in [0.15, 0.2) is 11.7 Å². The van der Waals surface area contributed by atoms with Gasteiger partial charge in [0.2, 0.25) is 0 Å². The molecule has 5 nitrogen and oxygen atoms in total. The maximum absolute atomic E-state index is 5.28. The van der Waals surface area contributed by atoms with E-state index >= 15 is 0 Å². The number of aromatic nitrogens is 1. The molecule has 2 unspecified atom stereocenters. The van der Waals surface area contributed by atoms with Crippen LogP contribution >= 0.6 is 0 Å². The van der Waals surface area contributed by atoms with Gasteiger partial charge in [0.25, 0.3) is 0 Å². The Bertz CT molecular complexity index is 483. The molecule has 1 aromatic heterocycles. The third-order valence-electron chi connectivity index (χ3n) is 4.60. The smallest absolute Gasteiger partial charge is 0.191 e. The van der Waals surface area contributed by atoms with Crippen LogP contribution < -0.4 is 10.6 Å². The molecule has 1 saturated carbocycles. The van der Waals surface area contributed by atoms with Gasteiger partial charge in [-0.1, -0.05) is 38.3 Å². The number of rotatable bonds is 7. The van der Waals surface area contributed by atoms with Gasteiger partial charge in [-0.15, -0.1) is 0 Å². The second-order valence-corrected chi connectivity index (χ2v) is 6.69. The van der Waals surface area contributed by atoms with E-state index in [1.807, 2.05) is 6.07 Å². The lowest BCUT2D eigenvalue weighted by Crippen LogP contribution is -2.38. The molecule has 1 fully saturated rings. The van der Waals surface area contributed by atoms with Gasteiger partial charge in [0.05, 0.1) is 5.69 Å². The van der Waals surface area contributed by atoms with Crippen molar-refractivity contribution < 1.29 is 4.52 Å². The molecule has 1 heterocycles. The Hall–Kier alpha value is -1.52. The Morgan fingerprint density at radius 1 is 1.35 bits per heavy atom. The lowest BCUT2D eigenvalue weighted by atomic mass is 9.81. The monoisotopic (exact) mass is 320 g/mol. The maximum atomic E-state index is 5.28. The molecule has 0 aliphatic heterocycles. The number of guanidine groups is 1. The van der Waals surface area contributed by atoms with E-state index in [1.165, 1.54) is 32.1 Å². The summed E-state index contributed by atoms with van der Waals surface area (Å²) in [6.45, 7) is 8.92. The minimum absolute atomic E-state index is 0.531. The summed E-state index contributed by atoms with van der Waals surface area (Å²) in [6, 6.07) is 1.98. The van der Waals surface area contributed by atoms with E-state index in [-0.39, 0.29) is 0 Å². The fourth-order valence-electron chi connectivity index (χ4n) is 3.31. The Kier molecular flexibility index (Phi) is 7.43. The average Bonchev–Trinajstić information content (AvgIpc) is 3.01. The van der Waals surface area contributed by atoms with Gasteiger partial charge in [-0.05, 0) is 38.0 Å². The van der Waals surface area contributed by atoms with Crippen LogP contribution in [0.25, 0.3) is 0 Å². The van der Waals surface area contributed by atoms with Gasteiger partial charge in [0.1, 0.15) is 6.54 Å². The zero-order chi connectivity index (χ0) is 16.5. The summed E-state index contributed by atoms with van der Waals surface area (Å²) in [4.78, 5) is 4.59. The number of hydrogen-bond acceptors (Lipinski definition) is 3. The summed E-state index contributed by atoms with van der Waals surface area (Å²) in [5, 5.41) is 10.8. The largest absolute Gasteiger partial charge is 0.359 e. The van der Waals surface area contributed by atoms with E-state index in [0.717, 1.165) is 48.8 Å². The molecule has 23 heavy (non-hydrogen) atoms. The maximum Gasteiger partial charge on any atom is 0.191 e. The van der Waals surface area contributed by atoms with Crippen LogP contribution in [0.3, 0.4) is 0 Å². The number of hydrogen-bond donors (Lipinski definition) is 2. The Balaban J connectivity index is 1.77. The average molecular weight is 320 g/mol. The van der Waals surface area contributed by atoms with Crippen molar-refractivity contribution in [1.29, 1.82) is 0 Å². The van der Waals surface area contributed by atoms with Crippen LogP contribution in [0.2, 0.25) is 0 Å². The fraction of sp³-hybridized carbons (Fsp3) is 0.778. The van der Waals surface area contributed by atoms with Crippen molar-refractivity contribution in [3.63, 3.8) is 0 Å². The number of aryl methyl sites for hydroxylation is 1. The van der Waals surface area contributed by atoms with Crippen LogP contribution in [-0.4, -0.2) is 24.2 Å². The fourth-order valence-corrected chi connectivity index (χ4v) is 3.31. The van der Waals surface area contributed by atoms with E-state index in [1.54, 1.807) is 0 Å². The van der Waals surface area contributed by atoms with E-state index in [0.29, 0.717) is 6.54 Å². The van der Waals surface area contributed by atoms with Crippen molar-refractivity contribution >= 4 is 5.96 Å². The molecule has 130 valence electrons. The predicted molar refractivity (Wildman–Crippen MR) is 94.4 cm³/mol. The van der Waals surface area contributed by atoms with Crippen molar-refractivity contribution in [2.24, 2.45) is 16.8 Å². The minimum Gasteiger partial charge on any atom is -0.359 e. The third kappa shape index (κ3) is 6.24. The summed E-state index contributed by atoms with van der Waals surface area (Å²) < 4.78 is 5.28. The summed E-state index contributed by atoms with van der Waals surface area (Å²) in [5.74, 6) is 3.45. The van der Waals surface area contributed by atoms with Gasteiger partial charge in [-0.2, -0.15) is 0 Å². The summed E-state index contributed by atoms with van der Waals surface area (Å²) in [6.07, 6.45) is 7.70. The first-order valence-corrected chi connectivity index (χ1v) is 9.17. The quantitative estimate of drug-likeness (QED) is 0.596. The molecule has 2 N–H and O–H groups in total. The van der Waals surface area contributed by atoms with Crippen molar-refractivity contribution in [1.82, 2.24) is 15.8 Å². The third-order valence-corrected chi connectivity index (χ3v) is 4.60. The van der Waals surface area contributed by atoms with Gasteiger partial charge >= 0.3 is 0 Å². The highest BCUT2D eigenvalue weighted by Crippen LogP contribution is 2.30. The molecule has 0 spiro atoms. The van der Waals surface area contributed by atoms with Crippen molar-refractivity contribution in [2.75, 3.05) is 13.1 Å². The first-order valence-electron chi connectivity index (χ1n) is 9.17. The highest BCUT2D eigenvalue weighted by atomic mass is 16.5. The second-order valence-electron chi connectivity index (χ2n) is 6.69. The molecular formula is C18H32N4O. The second kappa shape index (κ2) is 9.58. The van der Waals surface area contributed by atoms with Crippen LogP contribution in [0.4, 0.5) is 0 Å². The van der Waals surface area contributed by atoms with E-state index in [2.05, 4.69) is 41.6 Å². The molecule has 0 amide bonds. The lowest BCUT2D eigenvalue weighted by molar-refractivity contribution is 0.270. The Morgan fingerprint density at radius 2 is 2.22 bits per heavy atom. The molecule has 0 aromatic carbocycles. The predicted octanol–water partition coefficient (Wildman–Crippen LogP) is 3.51. The van der Waals surface area contributed by atoms with Gasteiger partial charge in [-0.25, -0.2) is 4.99 Å². The zero-order valence-electron chi connectivity index (χ0n) is 14.9. The SMILES string of the molecule is CCNC(=NCc1cc(CC)no1)NCCC1CCCC(C)C1. The first kappa shape index (κ1) is 17.8. The number of aliphatic imine (C=N–C) groups is 1. The molecule has 1 aliphatic rings. The van der Waals surface area contributed by atoms with Crippen LogP contribution in [-0.2, 0) is 13.0 Å². The van der Waals surface area contributed by atoms with Crippen LogP contribution in [0, 0.1) is 11.8 Å². The first-order chi connectivity index (χ1) is 11.2. The van der Waals surface area contributed by atoms with Crippen LogP contribution in [0.15, 0.2) is 15.6 Å². The molecule has 5 heteroatoms. The normalized spacial score (nSPS) is 22.1. The molecule has 2 rings (SSSR count). The van der Waals surface area contributed by atoms with Crippen LogP contribution in [0.1, 0.15) is 64.3 Å². The van der Waals surface area contributed by atoms with Gasteiger partial charge in [0, 0.05) is 19.2 Å². The van der Waals surface area contributed by atoms with Crippen LogP contribution in [0.5, 0.6) is 0 Å². The number of nitrogens with one attached hydrogen (secondary N) is 2. The lowest BCUT2D eigenvalue weighted by Gasteiger charge is -2.26. The van der Waals surface area contributed by atoms with E-state index in [4.69, 9.17) is 4.52 Å². The standard InChI is InChI=1S/C18H32N4O/c1-4-16-12-17(23-22-16)13-21-18(19-5-2)20-10-9-15-8-6-7-14(3)11-15/h12,14-15H,4-11,13H2,1-3H3,(H2,19,20,21). The highest BCUT2D eigenvalue weighted by molar-refractivity contribution is 5.79. The molecule has 0 bridgehead atoms. The molecule has 2 atom stereocenters. The summed E-state index contributed by atoms with van der Waals surface area (Å²) in [7, 11) is 0. The highest BCUT2D eigenvalue weighted by Gasteiger charge is 2.18. The Labute approximate surface area is 140 Å². The van der Waals surface area contributed by atoms with Crippen molar-refractivity contribution in [3.05, 3.63) is 17.5 Å². The van der Waals surface area contributed by atoms with Gasteiger partial charge in [-0.3, -0.25) is 0 Å². The van der Waals surface area contributed by atoms with E-state index in [9.17, 15) is 0 Å². The van der Waals surface area contributed by atoms with Gasteiger partial charge < -0.3 is 15.2 Å². The molecule has 0 radical (unpaired) electrons. The summed E-state index contributed by atoms with van der Waals surface area (Å²) in [5.41, 5.74) is 0.986. The van der Waals surface area contributed by atoms with E-state index < -0.39 is 0 Å². The molecule has 1 aromatic rings. The van der Waals surface area contributed by atoms with Crippen molar-refractivity contribution in [3.8, 4) is 0 Å².